The Morgan fingerprint density at radius 2 is 2.40 bits per heavy atom. The van der Waals surface area contributed by atoms with Crippen LogP contribution >= 0.6 is 28.1 Å². The molecule has 104 valence electrons. The molecular weight excluding hydrogens is 340 g/mol. The van der Waals surface area contributed by atoms with E-state index in [1.54, 1.807) is 17.0 Å². The fraction of sp³-hybridized carbons (Fsp3) is 0.154. The Kier molecular flexibility index (Phi) is 4.86. The van der Waals surface area contributed by atoms with Gasteiger partial charge in [0.1, 0.15) is 18.2 Å². The molecule has 0 saturated carbocycles. The summed E-state index contributed by atoms with van der Waals surface area (Å²) in [5.74, 6) is 1.42. The minimum absolute atomic E-state index is 0.437. The van der Waals surface area contributed by atoms with Crippen LogP contribution in [0.5, 0.6) is 5.75 Å². The number of nitrogens with one attached hydrogen (secondary N) is 1. The summed E-state index contributed by atoms with van der Waals surface area (Å²) in [7, 11) is 0. The molecular formula is C13H13BrN4OS. The van der Waals surface area contributed by atoms with Crippen LogP contribution < -0.4 is 4.74 Å². The van der Waals surface area contributed by atoms with E-state index in [-0.39, 0.29) is 0 Å². The summed E-state index contributed by atoms with van der Waals surface area (Å²) in [5, 5.41) is 11.0. The molecule has 0 aliphatic rings. The van der Waals surface area contributed by atoms with Crippen molar-refractivity contribution in [2.75, 3.05) is 6.61 Å². The van der Waals surface area contributed by atoms with Gasteiger partial charge in [-0.1, -0.05) is 28.6 Å². The molecule has 0 saturated heterocycles. The van der Waals surface area contributed by atoms with Crippen molar-refractivity contribution >= 4 is 34.4 Å². The number of aryl methyl sites for hydroxylation is 1. The second kappa shape index (κ2) is 6.62. The molecule has 0 fully saturated rings. The maximum Gasteiger partial charge on any atom is 0.216 e. The number of ether oxygens (including phenoxy) is 1. The molecule has 7 heteroatoms. The standard InChI is InChI=1S/C13H13BrN4OS/c1-3-6-19-12-5-4-11(14)7-10(12)8-15-18-9(2)16-17-13(18)20/h3-5,7-8H,1,6H2,2H3,(H,17,20)/b15-8-. The lowest BCUT2D eigenvalue weighted by Crippen LogP contribution is -1.99. The van der Waals surface area contributed by atoms with Crippen molar-refractivity contribution in [1.82, 2.24) is 14.9 Å². The highest BCUT2D eigenvalue weighted by Gasteiger charge is 2.03. The Labute approximate surface area is 130 Å². The first-order valence-corrected chi connectivity index (χ1v) is 7.03. The molecule has 0 amide bonds. The number of nitrogens with zero attached hydrogens (tertiary/aromatic N) is 3. The third kappa shape index (κ3) is 3.43. The Morgan fingerprint density at radius 3 is 3.05 bits per heavy atom. The van der Waals surface area contributed by atoms with E-state index in [0.29, 0.717) is 17.2 Å². The van der Waals surface area contributed by atoms with Crippen molar-refractivity contribution in [3.8, 4) is 5.75 Å². The van der Waals surface area contributed by atoms with Gasteiger partial charge >= 0.3 is 0 Å². The molecule has 0 aliphatic heterocycles. The van der Waals surface area contributed by atoms with Gasteiger partial charge in [0.25, 0.3) is 0 Å². The van der Waals surface area contributed by atoms with Crippen LogP contribution in [-0.4, -0.2) is 27.7 Å². The monoisotopic (exact) mass is 352 g/mol. The van der Waals surface area contributed by atoms with Crippen LogP contribution in [0.2, 0.25) is 0 Å². The second-order valence-corrected chi connectivity index (χ2v) is 5.22. The van der Waals surface area contributed by atoms with Crippen LogP contribution in [0.15, 0.2) is 40.4 Å². The number of halogens is 1. The summed E-state index contributed by atoms with van der Waals surface area (Å²) < 4.78 is 8.52. The van der Waals surface area contributed by atoms with Gasteiger partial charge in [-0.15, -0.1) is 0 Å². The normalized spacial score (nSPS) is 10.9. The van der Waals surface area contributed by atoms with E-state index in [1.807, 2.05) is 25.1 Å². The number of H-pyrrole nitrogens is 1. The number of aromatic nitrogens is 3. The van der Waals surface area contributed by atoms with E-state index in [2.05, 4.69) is 37.8 Å². The molecule has 1 aromatic heterocycles. The second-order valence-electron chi connectivity index (χ2n) is 3.91. The third-order valence-corrected chi connectivity index (χ3v) is 3.21. The van der Waals surface area contributed by atoms with Crippen molar-refractivity contribution in [2.24, 2.45) is 5.10 Å². The Balaban J connectivity index is 2.34. The molecule has 2 aromatic rings. The lowest BCUT2D eigenvalue weighted by atomic mass is 10.2. The molecule has 0 bridgehead atoms. The van der Waals surface area contributed by atoms with Gasteiger partial charge in [-0.25, -0.2) is 0 Å². The van der Waals surface area contributed by atoms with Gasteiger partial charge in [-0.05, 0) is 37.3 Å². The zero-order chi connectivity index (χ0) is 14.5. The molecule has 1 aromatic carbocycles. The van der Waals surface area contributed by atoms with E-state index < -0.39 is 0 Å². The molecule has 0 aliphatic carbocycles. The first kappa shape index (κ1) is 14.7. The van der Waals surface area contributed by atoms with Crippen LogP contribution in [0, 0.1) is 11.7 Å². The van der Waals surface area contributed by atoms with Gasteiger partial charge < -0.3 is 4.74 Å². The summed E-state index contributed by atoms with van der Waals surface area (Å²) in [6, 6.07) is 5.70. The topological polar surface area (TPSA) is 55.2 Å². The van der Waals surface area contributed by atoms with Crippen LogP contribution in [0.4, 0.5) is 0 Å². The molecule has 0 unspecified atom stereocenters. The van der Waals surface area contributed by atoms with Crippen molar-refractivity contribution in [3.63, 3.8) is 0 Å². The highest BCUT2D eigenvalue weighted by atomic mass is 79.9. The largest absolute Gasteiger partial charge is 0.489 e. The first-order valence-electron chi connectivity index (χ1n) is 5.83. The average Bonchev–Trinajstić information content (AvgIpc) is 2.75. The third-order valence-electron chi connectivity index (χ3n) is 2.45. The molecule has 5 nitrogen and oxygen atoms in total. The van der Waals surface area contributed by atoms with Crippen molar-refractivity contribution in [3.05, 3.63) is 51.5 Å². The number of aromatic amines is 1. The highest BCUT2D eigenvalue weighted by molar-refractivity contribution is 9.10. The SMILES string of the molecule is C=CCOc1ccc(Br)cc1/C=N\n1c(C)n[nH]c1=S. The minimum atomic E-state index is 0.437. The Hall–Kier alpha value is -1.73. The van der Waals surface area contributed by atoms with Gasteiger partial charge in [-0.3, -0.25) is 5.10 Å². The molecule has 1 heterocycles. The lowest BCUT2D eigenvalue weighted by Gasteiger charge is -2.07. The van der Waals surface area contributed by atoms with E-state index in [0.717, 1.165) is 15.8 Å². The van der Waals surface area contributed by atoms with Crippen molar-refractivity contribution < 1.29 is 4.74 Å². The van der Waals surface area contributed by atoms with Crippen molar-refractivity contribution in [2.45, 2.75) is 6.92 Å². The van der Waals surface area contributed by atoms with E-state index in [1.165, 1.54) is 0 Å². The molecule has 0 radical (unpaired) electrons. The van der Waals surface area contributed by atoms with E-state index in [9.17, 15) is 0 Å². The first-order chi connectivity index (χ1) is 9.61. The maximum absolute atomic E-state index is 5.58. The summed E-state index contributed by atoms with van der Waals surface area (Å²) in [5.41, 5.74) is 0.837. The Morgan fingerprint density at radius 1 is 1.60 bits per heavy atom. The fourth-order valence-electron chi connectivity index (χ4n) is 1.53. The van der Waals surface area contributed by atoms with E-state index >= 15 is 0 Å². The number of hydrogen-bond acceptors (Lipinski definition) is 4. The Bertz CT molecular complexity index is 705. The van der Waals surface area contributed by atoms with Crippen LogP contribution in [0.25, 0.3) is 0 Å². The molecule has 1 N–H and O–H groups in total. The summed E-state index contributed by atoms with van der Waals surface area (Å²) in [4.78, 5) is 0. The van der Waals surface area contributed by atoms with Crippen LogP contribution in [0.1, 0.15) is 11.4 Å². The van der Waals surface area contributed by atoms with Gasteiger partial charge in [0.2, 0.25) is 4.77 Å². The average molecular weight is 353 g/mol. The molecule has 0 atom stereocenters. The predicted octanol–water partition coefficient (Wildman–Crippen LogP) is 3.46. The lowest BCUT2D eigenvalue weighted by molar-refractivity contribution is 0.362. The minimum Gasteiger partial charge on any atom is -0.489 e. The van der Waals surface area contributed by atoms with Gasteiger partial charge in [0, 0.05) is 10.0 Å². The predicted molar refractivity (Wildman–Crippen MR) is 85.0 cm³/mol. The fourth-order valence-corrected chi connectivity index (χ4v) is 2.13. The van der Waals surface area contributed by atoms with Gasteiger partial charge in [0.05, 0.1) is 6.21 Å². The van der Waals surface area contributed by atoms with Crippen LogP contribution in [-0.2, 0) is 0 Å². The maximum atomic E-state index is 5.58. The number of rotatable bonds is 5. The number of hydrogen-bond donors (Lipinski definition) is 1. The van der Waals surface area contributed by atoms with Crippen LogP contribution in [0.3, 0.4) is 0 Å². The summed E-state index contributed by atoms with van der Waals surface area (Å²) in [6.07, 6.45) is 3.38. The summed E-state index contributed by atoms with van der Waals surface area (Å²) >= 11 is 8.52. The van der Waals surface area contributed by atoms with Gasteiger partial charge in [-0.2, -0.15) is 14.9 Å². The zero-order valence-corrected chi connectivity index (χ0v) is 13.2. The smallest absolute Gasteiger partial charge is 0.216 e. The van der Waals surface area contributed by atoms with E-state index in [4.69, 9.17) is 17.0 Å². The van der Waals surface area contributed by atoms with Crippen molar-refractivity contribution in [1.29, 1.82) is 0 Å². The zero-order valence-electron chi connectivity index (χ0n) is 10.8. The van der Waals surface area contributed by atoms with Gasteiger partial charge in [0.15, 0.2) is 0 Å². The number of benzene rings is 1. The molecule has 2 rings (SSSR count). The quantitative estimate of drug-likeness (QED) is 0.509. The molecule has 0 spiro atoms. The highest BCUT2D eigenvalue weighted by Crippen LogP contribution is 2.22. The summed E-state index contributed by atoms with van der Waals surface area (Å²) in [6.45, 7) is 5.89. The molecule has 20 heavy (non-hydrogen) atoms.